The molecular formula is C7H9N3O2S. The zero-order chi connectivity index (χ0) is 9.68. The zero-order valence-corrected chi connectivity index (χ0v) is 7.56. The van der Waals surface area contributed by atoms with Crippen LogP contribution >= 0.6 is 11.3 Å². The van der Waals surface area contributed by atoms with E-state index in [1.54, 1.807) is 0 Å². The number of primary amides is 1. The van der Waals surface area contributed by atoms with Gasteiger partial charge in [0.25, 0.3) is 0 Å². The lowest BCUT2D eigenvalue weighted by atomic mass is 10.5. The van der Waals surface area contributed by atoms with Crippen LogP contribution < -0.4 is 16.4 Å². The van der Waals surface area contributed by atoms with Gasteiger partial charge < -0.3 is 11.1 Å². The fourth-order valence-corrected chi connectivity index (χ4v) is 1.34. The lowest BCUT2D eigenvalue weighted by molar-refractivity contribution is -0.118. The van der Waals surface area contributed by atoms with E-state index < -0.39 is 11.9 Å². The van der Waals surface area contributed by atoms with E-state index in [1.165, 1.54) is 11.3 Å². The smallest absolute Gasteiger partial charge is 0.318 e. The van der Waals surface area contributed by atoms with Crippen LogP contribution in [0, 0.1) is 0 Å². The van der Waals surface area contributed by atoms with Crippen molar-refractivity contribution in [2.45, 2.75) is 0 Å². The van der Waals surface area contributed by atoms with Crippen LogP contribution in [0.1, 0.15) is 0 Å². The maximum atomic E-state index is 10.9. The first kappa shape index (κ1) is 9.53. The number of carbonyl (C=O) groups is 2. The average molecular weight is 199 g/mol. The Morgan fingerprint density at radius 3 is 2.85 bits per heavy atom. The largest absolute Gasteiger partial charge is 0.375 e. The Hall–Kier alpha value is -1.56. The number of urea groups is 1. The Kier molecular flexibility index (Phi) is 3.27. The molecule has 1 aromatic rings. The fraction of sp³-hybridized carbons (Fsp3) is 0.143. The molecular weight excluding hydrogens is 190 g/mol. The van der Waals surface area contributed by atoms with Gasteiger partial charge in [0.2, 0.25) is 5.91 Å². The van der Waals surface area contributed by atoms with E-state index in [0.29, 0.717) is 0 Å². The summed E-state index contributed by atoms with van der Waals surface area (Å²) in [4.78, 5) is 21.1. The Bertz CT molecular complexity index is 297. The quantitative estimate of drug-likeness (QED) is 0.657. The molecule has 6 heteroatoms. The monoisotopic (exact) mass is 199 g/mol. The number of imide groups is 1. The third kappa shape index (κ3) is 3.57. The molecule has 0 aliphatic carbocycles. The Morgan fingerprint density at radius 2 is 2.31 bits per heavy atom. The number of carbonyl (C=O) groups excluding carboxylic acids is 2. The van der Waals surface area contributed by atoms with Gasteiger partial charge in [-0.3, -0.25) is 10.1 Å². The second kappa shape index (κ2) is 4.46. The van der Waals surface area contributed by atoms with Gasteiger partial charge in [0.1, 0.15) is 0 Å². The second-order valence-corrected chi connectivity index (χ2v) is 3.06. The van der Waals surface area contributed by atoms with Crippen LogP contribution in [0.3, 0.4) is 0 Å². The van der Waals surface area contributed by atoms with Gasteiger partial charge in [-0.15, -0.1) is 0 Å². The third-order valence-corrected chi connectivity index (χ3v) is 1.92. The van der Waals surface area contributed by atoms with E-state index in [4.69, 9.17) is 5.73 Å². The number of nitrogens with two attached hydrogens (primary N) is 1. The van der Waals surface area contributed by atoms with Crippen LogP contribution in [-0.4, -0.2) is 18.5 Å². The first-order valence-corrected chi connectivity index (χ1v) is 4.48. The van der Waals surface area contributed by atoms with Gasteiger partial charge in [-0.25, -0.2) is 4.79 Å². The number of thiophene rings is 1. The van der Waals surface area contributed by atoms with Gasteiger partial charge >= 0.3 is 6.03 Å². The number of amides is 3. The summed E-state index contributed by atoms with van der Waals surface area (Å²) in [6.45, 7) is 0.0413. The number of hydrogen-bond donors (Lipinski definition) is 3. The lowest BCUT2D eigenvalue weighted by Gasteiger charge is -2.02. The second-order valence-electron chi connectivity index (χ2n) is 2.28. The van der Waals surface area contributed by atoms with Gasteiger partial charge in [0.15, 0.2) is 0 Å². The van der Waals surface area contributed by atoms with Gasteiger partial charge in [-0.1, -0.05) is 0 Å². The van der Waals surface area contributed by atoms with Crippen molar-refractivity contribution in [2.24, 2.45) is 5.73 Å². The van der Waals surface area contributed by atoms with Crippen molar-refractivity contribution in [1.82, 2.24) is 5.32 Å². The maximum Gasteiger partial charge on any atom is 0.318 e. The van der Waals surface area contributed by atoms with Crippen molar-refractivity contribution in [2.75, 3.05) is 11.9 Å². The number of anilines is 1. The molecule has 1 rings (SSSR count). The Balaban J connectivity index is 2.27. The van der Waals surface area contributed by atoms with Crippen molar-refractivity contribution in [3.63, 3.8) is 0 Å². The van der Waals surface area contributed by atoms with Gasteiger partial charge in [0, 0.05) is 11.1 Å². The van der Waals surface area contributed by atoms with Gasteiger partial charge in [-0.05, 0) is 11.4 Å². The minimum absolute atomic E-state index is 0.0413. The van der Waals surface area contributed by atoms with Crippen LogP contribution in [0.5, 0.6) is 0 Å². The number of hydrogen-bond acceptors (Lipinski definition) is 4. The van der Waals surface area contributed by atoms with Crippen LogP contribution in [0.15, 0.2) is 16.8 Å². The third-order valence-electron chi connectivity index (χ3n) is 1.24. The molecule has 0 spiro atoms. The molecule has 0 saturated heterocycles. The molecule has 70 valence electrons. The number of nitrogens with one attached hydrogen (secondary N) is 2. The van der Waals surface area contributed by atoms with E-state index in [2.05, 4.69) is 5.32 Å². The topological polar surface area (TPSA) is 84.2 Å². The van der Waals surface area contributed by atoms with Crippen LogP contribution in [0.4, 0.5) is 10.5 Å². The van der Waals surface area contributed by atoms with Gasteiger partial charge in [-0.2, -0.15) is 11.3 Å². The zero-order valence-electron chi connectivity index (χ0n) is 6.74. The fourth-order valence-electron chi connectivity index (χ4n) is 0.729. The summed E-state index contributed by atoms with van der Waals surface area (Å²) in [5.41, 5.74) is 5.60. The van der Waals surface area contributed by atoms with Crippen molar-refractivity contribution in [3.05, 3.63) is 16.8 Å². The highest BCUT2D eigenvalue weighted by molar-refractivity contribution is 7.08. The van der Waals surface area contributed by atoms with E-state index in [1.807, 2.05) is 22.1 Å². The molecule has 0 saturated carbocycles. The highest BCUT2D eigenvalue weighted by atomic mass is 32.1. The predicted molar refractivity (Wildman–Crippen MR) is 50.5 cm³/mol. The Labute approximate surface area is 78.9 Å². The molecule has 13 heavy (non-hydrogen) atoms. The summed E-state index contributed by atoms with van der Waals surface area (Å²) in [7, 11) is 0. The van der Waals surface area contributed by atoms with Gasteiger partial charge in [0.05, 0.1) is 6.54 Å². The molecule has 1 aromatic heterocycles. The van der Waals surface area contributed by atoms with Crippen molar-refractivity contribution in [1.29, 1.82) is 0 Å². The SMILES string of the molecule is NC(=O)NC(=O)CNc1ccsc1. The molecule has 0 atom stereocenters. The number of rotatable bonds is 3. The average Bonchev–Trinajstić information content (AvgIpc) is 2.51. The van der Waals surface area contributed by atoms with Crippen LogP contribution in [0.25, 0.3) is 0 Å². The lowest BCUT2D eigenvalue weighted by Crippen LogP contribution is -2.38. The van der Waals surface area contributed by atoms with Crippen LogP contribution in [-0.2, 0) is 4.79 Å². The van der Waals surface area contributed by atoms with Crippen molar-refractivity contribution >= 4 is 29.0 Å². The van der Waals surface area contributed by atoms with E-state index in [0.717, 1.165) is 5.69 Å². The molecule has 0 aromatic carbocycles. The maximum absolute atomic E-state index is 10.9. The molecule has 0 aliphatic rings. The molecule has 3 amide bonds. The summed E-state index contributed by atoms with van der Waals surface area (Å²) in [6, 6.07) is 1.000. The predicted octanol–water partition coefficient (Wildman–Crippen LogP) is 0.355. The van der Waals surface area contributed by atoms with E-state index in [9.17, 15) is 9.59 Å². The van der Waals surface area contributed by atoms with E-state index >= 15 is 0 Å². The van der Waals surface area contributed by atoms with Crippen molar-refractivity contribution in [3.8, 4) is 0 Å². The molecule has 0 bridgehead atoms. The van der Waals surface area contributed by atoms with Crippen molar-refractivity contribution < 1.29 is 9.59 Å². The first-order chi connectivity index (χ1) is 6.18. The molecule has 5 nitrogen and oxygen atoms in total. The molecule has 0 aliphatic heterocycles. The standard InChI is InChI=1S/C7H9N3O2S/c8-7(12)10-6(11)3-9-5-1-2-13-4-5/h1-2,4,9H,3H2,(H3,8,10,11,12). The highest BCUT2D eigenvalue weighted by Gasteiger charge is 2.02. The first-order valence-electron chi connectivity index (χ1n) is 3.54. The molecule has 1 heterocycles. The summed E-state index contributed by atoms with van der Waals surface area (Å²) in [5, 5.41) is 8.51. The normalized spacial score (nSPS) is 9.23. The minimum atomic E-state index is -0.836. The summed E-state index contributed by atoms with van der Waals surface area (Å²) in [5.74, 6) is -0.446. The Morgan fingerprint density at radius 1 is 1.54 bits per heavy atom. The molecule has 4 N–H and O–H groups in total. The highest BCUT2D eigenvalue weighted by Crippen LogP contribution is 2.10. The summed E-state index contributed by atoms with van der Waals surface area (Å²) in [6.07, 6.45) is 0. The van der Waals surface area contributed by atoms with Crippen LogP contribution in [0.2, 0.25) is 0 Å². The molecule has 0 unspecified atom stereocenters. The summed E-state index contributed by atoms with van der Waals surface area (Å²) < 4.78 is 0. The minimum Gasteiger partial charge on any atom is -0.375 e. The van der Waals surface area contributed by atoms with E-state index in [-0.39, 0.29) is 6.54 Å². The summed E-state index contributed by atoms with van der Waals surface area (Å²) >= 11 is 1.52. The molecule has 0 radical (unpaired) electrons. The molecule has 0 fully saturated rings.